The Kier molecular flexibility index (Phi) is 3.99. The van der Waals surface area contributed by atoms with Crippen molar-refractivity contribution >= 4 is 5.91 Å². The largest absolute Gasteiger partial charge is 0.335 e. The normalized spacial score (nSPS) is 10.9. The third-order valence-electron chi connectivity index (χ3n) is 1.99. The number of rotatable bonds is 3. The molecule has 80 valence electrons. The fourth-order valence-corrected chi connectivity index (χ4v) is 1.05. The van der Waals surface area contributed by atoms with Gasteiger partial charge in [-0.2, -0.15) is 10.5 Å². The molecule has 0 aliphatic carbocycles. The van der Waals surface area contributed by atoms with E-state index in [1.54, 1.807) is 6.92 Å². The molecule has 0 aliphatic heterocycles. The molecule has 0 radical (unpaired) electrons. The number of hydrogen-bond donors (Lipinski definition) is 1. The van der Waals surface area contributed by atoms with Gasteiger partial charge in [-0.3, -0.25) is 4.79 Å². The molecule has 16 heavy (non-hydrogen) atoms. The lowest BCUT2D eigenvalue weighted by molar-refractivity contribution is 0.0939. The minimum atomic E-state index is -0.509. The van der Waals surface area contributed by atoms with E-state index < -0.39 is 11.9 Å². The Morgan fingerprint density at radius 3 is 2.75 bits per heavy atom. The Morgan fingerprint density at radius 2 is 2.31 bits per heavy atom. The van der Waals surface area contributed by atoms with Crippen molar-refractivity contribution < 1.29 is 4.79 Å². The van der Waals surface area contributed by atoms with Crippen LogP contribution in [0.3, 0.4) is 0 Å². The molecule has 5 heteroatoms. The molecule has 0 fully saturated rings. The van der Waals surface area contributed by atoms with Crippen LogP contribution in [0.25, 0.3) is 0 Å². The van der Waals surface area contributed by atoms with Gasteiger partial charge in [-0.05, 0) is 18.6 Å². The van der Waals surface area contributed by atoms with Gasteiger partial charge < -0.3 is 5.32 Å². The van der Waals surface area contributed by atoms with Gasteiger partial charge in [-0.25, -0.2) is 4.98 Å². The Bertz CT molecular complexity index is 452. The first kappa shape index (κ1) is 11.7. The average Bonchev–Trinajstić information content (AvgIpc) is 2.35. The minimum absolute atomic E-state index is 0.202. The zero-order chi connectivity index (χ0) is 12.0. The van der Waals surface area contributed by atoms with Crippen molar-refractivity contribution in [2.75, 3.05) is 0 Å². The van der Waals surface area contributed by atoms with Crippen molar-refractivity contribution in [3.05, 3.63) is 29.6 Å². The summed E-state index contributed by atoms with van der Waals surface area (Å²) in [7, 11) is 0. The van der Waals surface area contributed by atoms with Gasteiger partial charge in [0.05, 0.1) is 11.6 Å². The number of carbonyl (C=O) groups is 1. The molecule has 5 nitrogen and oxygen atoms in total. The lowest BCUT2D eigenvalue weighted by Gasteiger charge is -2.07. The molecule has 1 amide bonds. The highest BCUT2D eigenvalue weighted by Crippen LogP contribution is 2.00. The van der Waals surface area contributed by atoms with Crippen LogP contribution in [0.2, 0.25) is 0 Å². The van der Waals surface area contributed by atoms with E-state index in [0.717, 1.165) is 0 Å². The number of nitrogens with one attached hydrogen (secondary N) is 1. The second-order valence-corrected chi connectivity index (χ2v) is 3.11. The van der Waals surface area contributed by atoms with E-state index in [1.807, 2.05) is 12.1 Å². The van der Waals surface area contributed by atoms with Gasteiger partial charge in [-0.15, -0.1) is 0 Å². The maximum absolute atomic E-state index is 11.6. The molecule has 0 aliphatic rings. The standard InChI is InChI=1S/C11H10N4O/c1-2-9(6-13)15-11(16)10-4-3-8(5-12)7-14-10/h3-4,7,9H,2H2,1H3,(H,15,16). The van der Waals surface area contributed by atoms with E-state index in [4.69, 9.17) is 10.5 Å². The molecule has 0 aromatic carbocycles. The lowest BCUT2D eigenvalue weighted by atomic mass is 10.2. The van der Waals surface area contributed by atoms with Crippen molar-refractivity contribution in [1.82, 2.24) is 10.3 Å². The topological polar surface area (TPSA) is 89.6 Å². The molecule has 0 saturated carbocycles. The average molecular weight is 214 g/mol. The summed E-state index contributed by atoms with van der Waals surface area (Å²) in [5.41, 5.74) is 0.594. The SMILES string of the molecule is CCC(C#N)NC(=O)c1ccc(C#N)cn1. The first-order valence-corrected chi connectivity index (χ1v) is 4.78. The van der Waals surface area contributed by atoms with Crippen LogP contribution in [0.15, 0.2) is 18.3 Å². The van der Waals surface area contributed by atoms with Crippen LogP contribution in [0.1, 0.15) is 29.4 Å². The smallest absolute Gasteiger partial charge is 0.270 e. The quantitative estimate of drug-likeness (QED) is 0.812. The molecule has 0 bridgehead atoms. The predicted octanol–water partition coefficient (Wildman–Crippen LogP) is 0.985. The maximum atomic E-state index is 11.6. The molecule has 1 heterocycles. The Balaban J connectivity index is 2.74. The summed E-state index contributed by atoms with van der Waals surface area (Å²) < 4.78 is 0. The highest BCUT2D eigenvalue weighted by molar-refractivity contribution is 5.92. The monoisotopic (exact) mass is 214 g/mol. The van der Waals surface area contributed by atoms with E-state index in [0.29, 0.717) is 12.0 Å². The minimum Gasteiger partial charge on any atom is -0.335 e. The molecule has 1 aromatic heterocycles. The van der Waals surface area contributed by atoms with Gasteiger partial charge in [0.2, 0.25) is 0 Å². The van der Waals surface area contributed by atoms with Crippen molar-refractivity contribution in [1.29, 1.82) is 10.5 Å². The molecule has 0 spiro atoms. The highest BCUT2D eigenvalue weighted by atomic mass is 16.1. The van der Waals surface area contributed by atoms with E-state index in [1.165, 1.54) is 18.3 Å². The number of amides is 1. The van der Waals surface area contributed by atoms with Gasteiger partial charge >= 0.3 is 0 Å². The zero-order valence-electron chi connectivity index (χ0n) is 8.77. The fraction of sp³-hybridized carbons (Fsp3) is 0.273. The lowest BCUT2D eigenvalue weighted by Crippen LogP contribution is -2.33. The molecule has 1 unspecified atom stereocenters. The van der Waals surface area contributed by atoms with Crippen LogP contribution >= 0.6 is 0 Å². The number of nitrogens with zero attached hydrogens (tertiary/aromatic N) is 3. The van der Waals surface area contributed by atoms with Crippen molar-refractivity contribution in [2.45, 2.75) is 19.4 Å². The van der Waals surface area contributed by atoms with Gasteiger partial charge in [0.15, 0.2) is 0 Å². The van der Waals surface area contributed by atoms with Crippen LogP contribution in [0.5, 0.6) is 0 Å². The number of aromatic nitrogens is 1. The molecule has 1 N–H and O–H groups in total. The predicted molar refractivity (Wildman–Crippen MR) is 56.1 cm³/mol. The van der Waals surface area contributed by atoms with Crippen molar-refractivity contribution in [3.63, 3.8) is 0 Å². The van der Waals surface area contributed by atoms with Crippen LogP contribution in [-0.4, -0.2) is 16.9 Å². The van der Waals surface area contributed by atoms with Gasteiger partial charge in [0.1, 0.15) is 17.8 Å². The first-order chi connectivity index (χ1) is 7.71. The summed E-state index contributed by atoms with van der Waals surface area (Å²) in [6, 6.07) is 6.33. The van der Waals surface area contributed by atoms with E-state index in [-0.39, 0.29) is 5.69 Å². The summed E-state index contributed by atoms with van der Waals surface area (Å²) in [4.78, 5) is 15.4. The van der Waals surface area contributed by atoms with Crippen LogP contribution < -0.4 is 5.32 Å². The number of nitriles is 2. The Morgan fingerprint density at radius 1 is 1.56 bits per heavy atom. The Labute approximate surface area is 93.3 Å². The summed E-state index contributed by atoms with van der Waals surface area (Å²) in [6.45, 7) is 1.81. The molecule has 0 saturated heterocycles. The molecular formula is C11H10N4O. The van der Waals surface area contributed by atoms with Gasteiger partial charge in [-0.1, -0.05) is 6.92 Å². The molecule has 1 aromatic rings. The summed E-state index contributed by atoms with van der Waals surface area (Å²) in [5.74, 6) is -0.405. The second kappa shape index (κ2) is 5.47. The van der Waals surface area contributed by atoms with Crippen LogP contribution in [0.4, 0.5) is 0 Å². The number of pyridine rings is 1. The summed E-state index contributed by atoms with van der Waals surface area (Å²) in [6.07, 6.45) is 1.86. The zero-order valence-corrected chi connectivity index (χ0v) is 8.77. The van der Waals surface area contributed by atoms with Gasteiger partial charge in [0.25, 0.3) is 5.91 Å². The first-order valence-electron chi connectivity index (χ1n) is 4.78. The third kappa shape index (κ3) is 2.79. The number of hydrogen-bond acceptors (Lipinski definition) is 4. The summed E-state index contributed by atoms with van der Waals surface area (Å²) in [5, 5.41) is 19.8. The summed E-state index contributed by atoms with van der Waals surface area (Å²) >= 11 is 0. The van der Waals surface area contributed by atoms with E-state index in [2.05, 4.69) is 10.3 Å². The van der Waals surface area contributed by atoms with Crippen LogP contribution in [-0.2, 0) is 0 Å². The maximum Gasteiger partial charge on any atom is 0.270 e. The molecule has 1 rings (SSSR count). The van der Waals surface area contributed by atoms with E-state index >= 15 is 0 Å². The van der Waals surface area contributed by atoms with Gasteiger partial charge in [0, 0.05) is 6.20 Å². The molecule has 1 atom stereocenters. The second-order valence-electron chi connectivity index (χ2n) is 3.11. The Hall–Kier alpha value is -2.40. The number of carbonyl (C=O) groups excluding carboxylic acids is 1. The van der Waals surface area contributed by atoms with Crippen molar-refractivity contribution in [3.8, 4) is 12.1 Å². The molecular weight excluding hydrogens is 204 g/mol. The highest BCUT2D eigenvalue weighted by Gasteiger charge is 2.11. The van der Waals surface area contributed by atoms with E-state index in [9.17, 15) is 4.79 Å². The fourth-order valence-electron chi connectivity index (χ4n) is 1.05. The van der Waals surface area contributed by atoms with Crippen LogP contribution in [0, 0.1) is 22.7 Å². The third-order valence-corrected chi connectivity index (χ3v) is 1.99. The van der Waals surface area contributed by atoms with Crippen molar-refractivity contribution in [2.24, 2.45) is 0 Å².